The van der Waals surface area contributed by atoms with Crippen LogP contribution >= 0.6 is 11.6 Å². The number of hydroxylamine groups is 2. The van der Waals surface area contributed by atoms with E-state index in [1.807, 2.05) is 0 Å². The lowest BCUT2D eigenvalue weighted by molar-refractivity contribution is -0.153. The smallest absolute Gasteiger partial charge is 0.269 e. The third-order valence-corrected chi connectivity index (χ3v) is 5.37. The molecular weight excluding hydrogens is 416 g/mol. The quantitative estimate of drug-likeness (QED) is 0.372. The van der Waals surface area contributed by atoms with Gasteiger partial charge in [0.15, 0.2) is 15.6 Å². The van der Waals surface area contributed by atoms with Gasteiger partial charge in [-0.25, -0.2) is 18.5 Å². The summed E-state index contributed by atoms with van der Waals surface area (Å²) in [6, 6.07) is 13.2. The largest absolute Gasteiger partial charge is 0.436 e. The first-order chi connectivity index (χ1) is 13.6. The number of likely N-dealkylation sites (N-methyl/N-ethyl adjacent to an activating group) is 1. The summed E-state index contributed by atoms with van der Waals surface area (Å²) in [4.78, 5) is 16.2. The van der Waals surface area contributed by atoms with Gasteiger partial charge in [0.05, 0.1) is 4.90 Å². The minimum absolute atomic E-state index is 0.146. The van der Waals surface area contributed by atoms with Crippen LogP contribution in [-0.2, 0) is 14.6 Å². The van der Waals surface area contributed by atoms with E-state index < -0.39 is 15.7 Å². The molecule has 150 valence electrons. The zero-order valence-electron chi connectivity index (χ0n) is 15.5. The van der Waals surface area contributed by atoms with Crippen LogP contribution in [0.1, 0.15) is 5.89 Å². The zero-order valence-corrected chi connectivity index (χ0v) is 17.1. The Labute approximate surface area is 172 Å². The molecule has 1 aromatic heterocycles. The highest BCUT2D eigenvalue weighted by Gasteiger charge is 2.17. The van der Waals surface area contributed by atoms with Crippen LogP contribution in [0.2, 0.25) is 5.02 Å². The first-order valence-electron chi connectivity index (χ1n) is 8.37. The molecular formula is C20H17ClN2O5S. The van der Waals surface area contributed by atoms with E-state index in [2.05, 4.69) is 4.98 Å². The fraction of sp³-hybridized carbons (Fsp3) is 0.100. The van der Waals surface area contributed by atoms with Crippen LogP contribution in [0.25, 0.3) is 28.7 Å². The zero-order chi connectivity index (χ0) is 21.2. The summed E-state index contributed by atoms with van der Waals surface area (Å²) >= 11 is 5.96. The van der Waals surface area contributed by atoms with Gasteiger partial charge < -0.3 is 4.42 Å². The van der Waals surface area contributed by atoms with Crippen LogP contribution in [0.3, 0.4) is 0 Å². The van der Waals surface area contributed by atoms with Gasteiger partial charge in [0.1, 0.15) is 5.69 Å². The molecule has 0 aliphatic heterocycles. The lowest BCUT2D eigenvalue weighted by Crippen LogP contribution is -2.19. The van der Waals surface area contributed by atoms with E-state index in [0.717, 1.165) is 17.9 Å². The second kappa shape index (κ2) is 8.20. The Morgan fingerprint density at radius 1 is 1.10 bits per heavy atom. The molecule has 1 amide bonds. The normalized spacial score (nSPS) is 11.7. The van der Waals surface area contributed by atoms with Crippen LogP contribution in [0.5, 0.6) is 0 Å². The summed E-state index contributed by atoms with van der Waals surface area (Å²) in [6.45, 7) is 0. The molecule has 0 bridgehead atoms. The maximum atomic E-state index is 11.7. The third-order valence-electron chi connectivity index (χ3n) is 3.99. The number of hydrogen-bond acceptors (Lipinski definition) is 6. The van der Waals surface area contributed by atoms with Gasteiger partial charge in [-0.05, 0) is 36.4 Å². The van der Waals surface area contributed by atoms with E-state index in [9.17, 15) is 13.2 Å². The van der Waals surface area contributed by atoms with Gasteiger partial charge in [-0.15, -0.1) is 0 Å². The highest BCUT2D eigenvalue weighted by Crippen LogP contribution is 2.34. The standard InChI is InChI=1S/C20H17ClN2O5S/c1-23(25)18(24)12-11-17-22-19(13-3-7-15(21)8-4-13)20(28-17)14-5-9-16(10-6-14)29(2,26)27/h3-12,25H,1-2H3. The van der Waals surface area contributed by atoms with Crippen molar-refractivity contribution >= 4 is 33.4 Å². The molecule has 0 atom stereocenters. The second-order valence-electron chi connectivity index (χ2n) is 6.23. The minimum Gasteiger partial charge on any atom is -0.436 e. The molecule has 29 heavy (non-hydrogen) atoms. The van der Waals surface area contributed by atoms with Gasteiger partial charge in [0, 0.05) is 41.6 Å². The number of halogens is 1. The van der Waals surface area contributed by atoms with Crippen molar-refractivity contribution < 1.29 is 22.8 Å². The number of benzene rings is 2. The topological polar surface area (TPSA) is 101 Å². The summed E-state index contributed by atoms with van der Waals surface area (Å²) in [5, 5.41) is 10.2. The number of nitrogens with zero attached hydrogens (tertiary/aromatic N) is 2. The third kappa shape index (κ3) is 4.92. The molecule has 1 heterocycles. The maximum Gasteiger partial charge on any atom is 0.269 e. The molecule has 0 unspecified atom stereocenters. The van der Waals surface area contributed by atoms with Crippen LogP contribution in [-0.4, -0.2) is 42.9 Å². The molecule has 0 aliphatic carbocycles. The molecule has 1 N–H and O–H groups in total. The second-order valence-corrected chi connectivity index (χ2v) is 8.68. The molecule has 9 heteroatoms. The number of carbonyl (C=O) groups excluding carboxylic acids is 1. The lowest BCUT2D eigenvalue weighted by atomic mass is 10.1. The highest BCUT2D eigenvalue weighted by molar-refractivity contribution is 7.90. The lowest BCUT2D eigenvalue weighted by Gasteiger charge is -2.03. The van der Waals surface area contributed by atoms with E-state index in [1.54, 1.807) is 36.4 Å². The summed E-state index contributed by atoms with van der Waals surface area (Å²) in [6.07, 6.45) is 3.59. The molecule has 0 saturated heterocycles. The van der Waals surface area contributed by atoms with Gasteiger partial charge in [0.25, 0.3) is 5.91 Å². The van der Waals surface area contributed by atoms with Gasteiger partial charge in [0.2, 0.25) is 5.89 Å². The Kier molecular flexibility index (Phi) is 5.88. The van der Waals surface area contributed by atoms with Crippen molar-refractivity contribution in [2.24, 2.45) is 0 Å². The van der Waals surface area contributed by atoms with Crippen molar-refractivity contribution in [3.05, 3.63) is 65.5 Å². The number of oxazole rings is 1. The molecule has 0 radical (unpaired) electrons. The first kappa shape index (κ1) is 20.8. The van der Waals surface area contributed by atoms with Crippen molar-refractivity contribution in [2.45, 2.75) is 4.90 Å². The molecule has 3 aromatic rings. The molecule has 0 saturated carbocycles. The summed E-state index contributed by atoms with van der Waals surface area (Å²) in [5.41, 5.74) is 1.84. The SMILES string of the molecule is CN(O)C(=O)C=Cc1nc(-c2ccc(Cl)cc2)c(-c2ccc(S(C)(=O)=O)cc2)o1. The first-order valence-corrected chi connectivity index (χ1v) is 10.6. The van der Waals surface area contributed by atoms with Gasteiger partial charge in [-0.3, -0.25) is 10.0 Å². The number of carbonyl (C=O) groups is 1. The number of amides is 1. The Morgan fingerprint density at radius 3 is 2.24 bits per heavy atom. The Hall–Kier alpha value is -2.94. The summed E-state index contributed by atoms with van der Waals surface area (Å²) in [5.74, 6) is -0.0977. The average Bonchev–Trinajstić information content (AvgIpc) is 3.10. The molecule has 3 rings (SSSR count). The van der Waals surface area contributed by atoms with Crippen molar-refractivity contribution in [3.8, 4) is 22.6 Å². The van der Waals surface area contributed by atoms with E-state index in [0.29, 0.717) is 27.1 Å². The highest BCUT2D eigenvalue weighted by atomic mass is 35.5. The van der Waals surface area contributed by atoms with Crippen LogP contribution in [0.15, 0.2) is 63.9 Å². The fourth-order valence-corrected chi connectivity index (χ4v) is 3.27. The summed E-state index contributed by atoms with van der Waals surface area (Å²) in [7, 11) is -2.12. The molecule has 7 nitrogen and oxygen atoms in total. The number of sulfone groups is 1. The Balaban J connectivity index is 2.08. The monoisotopic (exact) mass is 432 g/mol. The summed E-state index contributed by atoms with van der Waals surface area (Å²) < 4.78 is 29.2. The molecule has 0 fully saturated rings. The van der Waals surface area contributed by atoms with Gasteiger partial charge >= 0.3 is 0 Å². The van der Waals surface area contributed by atoms with Crippen molar-refractivity contribution in [1.82, 2.24) is 10.0 Å². The Morgan fingerprint density at radius 2 is 1.69 bits per heavy atom. The maximum absolute atomic E-state index is 11.7. The molecule has 0 aliphatic rings. The van der Waals surface area contributed by atoms with Gasteiger partial charge in [-0.1, -0.05) is 23.7 Å². The predicted molar refractivity (Wildman–Crippen MR) is 109 cm³/mol. The van der Waals surface area contributed by atoms with E-state index in [1.165, 1.54) is 25.3 Å². The van der Waals surface area contributed by atoms with E-state index in [-0.39, 0.29) is 10.8 Å². The molecule has 2 aromatic carbocycles. The van der Waals surface area contributed by atoms with Crippen LogP contribution in [0.4, 0.5) is 0 Å². The van der Waals surface area contributed by atoms with E-state index in [4.69, 9.17) is 21.2 Å². The Bertz CT molecular complexity index is 1160. The van der Waals surface area contributed by atoms with Crippen molar-refractivity contribution in [1.29, 1.82) is 0 Å². The minimum atomic E-state index is -3.33. The fourth-order valence-electron chi connectivity index (χ4n) is 2.51. The van der Waals surface area contributed by atoms with Crippen LogP contribution in [0, 0.1) is 0 Å². The van der Waals surface area contributed by atoms with Gasteiger partial charge in [-0.2, -0.15) is 0 Å². The van der Waals surface area contributed by atoms with Crippen LogP contribution < -0.4 is 0 Å². The predicted octanol–water partition coefficient (Wildman–Crippen LogP) is 3.93. The number of aromatic nitrogens is 1. The van der Waals surface area contributed by atoms with Crippen molar-refractivity contribution in [2.75, 3.05) is 13.3 Å². The van der Waals surface area contributed by atoms with E-state index >= 15 is 0 Å². The number of rotatable bonds is 5. The van der Waals surface area contributed by atoms with Crippen molar-refractivity contribution in [3.63, 3.8) is 0 Å². The molecule has 0 spiro atoms. The average molecular weight is 433 g/mol. The number of hydrogen-bond donors (Lipinski definition) is 1.